The van der Waals surface area contributed by atoms with Crippen LogP contribution in [0.2, 0.25) is 0 Å². The summed E-state index contributed by atoms with van der Waals surface area (Å²) in [5.41, 5.74) is 0. The lowest BCUT2D eigenvalue weighted by Gasteiger charge is -2.33. The van der Waals surface area contributed by atoms with E-state index in [1.165, 1.54) is 0 Å². The van der Waals surface area contributed by atoms with Crippen molar-refractivity contribution in [2.75, 3.05) is 32.1 Å². The number of anilines is 1. The second-order valence-electron chi connectivity index (χ2n) is 6.89. The monoisotopic (exact) mass is 357 g/mol. The average Bonchev–Trinajstić information content (AvgIpc) is 3.22. The summed E-state index contributed by atoms with van der Waals surface area (Å²) < 4.78 is 2.16. The first-order chi connectivity index (χ1) is 12.1. The Morgan fingerprint density at radius 1 is 1.28 bits per heavy atom. The van der Waals surface area contributed by atoms with E-state index in [-0.39, 0.29) is 0 Å². The van der Waals surface area contributed by atoms with Crippen LogP contribution in [-0.2, 0) is 13.6 Å². The van der Waals surface area contributed by atoms with Crippen LogP contribution in [0.3, 0.4) is 0 Å². The predicted molar refractivity (Wildman–Crippen MR) is 100.0 cm³/mol. The van der Waals surface area contributed by atoms with Crippen molar-refractivity contribution in [3.63, 3.8) is 0 Å². The molecule has 0 spiro atoms. The first-order valence-electron chi connectivity index (χ1n) is 8.59. The van der Waals surface area contributed by atoms with Crippen LogP contribution in [0, 0.1) is 0 Å². The Morgan fingerprint density at radius 3 is 3.00 bits per heavy atom. The molecule has 1 aliphatic rings. The van der Waals surface area contributed by atoms with Gasteiger partial charge < -0.3 is 14.4 Å². The summed E-state index contributed by atoms with van der Waals surface area (Å²) in [7, 11) is 6.19. The van der Waals surface area contributed by atoms with Gasteiger partial charge in [-0.3, -0.25) is 0 Å². The van der Waals surface area contributed by atoms with Gasteiger partial charge in [-0.25, -0.2) is 9.97 Å². The molecule has 8 heteroatoms. The molecule has 4 heterocycles. The van der Waals surface area contributed by atoms with Crippen molar-refractivity contribution in [2.24, 2.45) is 7.05 Å². The van der Waals surface area contributed by atoms with Crippen molar-refractivity contribution < 1.29 is 0 Å². The number of rotatable bonds is 4. The van der Waals surface area contributed by atoms with Crippen molar-refractivity contribution in [2.45, 2.75) is 25.3 Å². The maximum atomic E-state index is 4.57. The van der Waals surface area contributed by atoms with Gasteiger partial charge in [0, 0.05) is 26.1 Å². The Kier molecular flexibility index (Phi) is 4.39. The van der Waals surface area contributed by atoms with Gasteiger partial charge in [-0.15, -0.1) is 21.5 Å². The summed E-state index contributed by atoms with van der Waals surface area (Å²) in [5, 5.41) is 12.1. The van der Waals surface area contributed by atoms with Crippen LogP contribution >= 0.6 is 11.3 Å². The van der Waals surface area contributed by atoms with Crippen molar-refractivity contribution in [1.29, 1.82) is 0 Å². The molecule has 1 unspecified atom stereocenters. The van der Waals surface area contributed by atoms with Gasteiger partial charge in [-0.2, -0.15) is 0 Å². The van der Waals surface area contributed by atoms with E-state index in [2.05, 4.69) is 67.1 Å². The van der Waals surface area contributed by atoms with Gasteiger partial charge in [0.2, 0.25) is 0 Å². The molecule has 0 aromatic carbocycles. The van der Waals surface area contributed by atoms with E-state index in [0.29, 0.717) is 5.92 Å². The fourth-order valence-corrected chi connectivity index (χ4v) is 4.29. The van der Waals surface area contributed by atoms with Crippen LogP contribution < -0.4 is 4.90 Å². The Balaban J connectivity index is 1.59. The van der Waals surface area contributed by atoms with Gasteiger partial charge in [0.05, 0.1) is 11.9 Å². The lowest BCUT2D eigenvalue weighted by Crippen LogP contribution is -2.36. The zero-order chi connectivity index (χ0) is 17.4. The highest BCUT2D eigenvalue weighted by atomic mass is 32.1. The standard InChI is InChI=1S/C17H23N7S/c1-22(2)10-14-20-21-15(23(14)3)12-5-4-7-24(9-12)16-13-6-8-25-17(13)19-11-18-16/h6,8,11-12H,4-5,7,9-10H2,1-3H3. The summed E-state index contributed by atoms with van der Waals surface area (Å²) in [6.45, 7) is 2.76. The molecule has 1 aliphatic heterocycles. The van der Waals surface area contributed by atoms with Crippen molar-refractivity contribution in [3.05, 3.63) is 29.4 Å². The van der Waals surface area contributed by atoms with E-state index in [9.17, 15) is 0 Å². The molecule has 3 aromatic rings. The topological polar surface area (TPSA) is 63.0 Å². The molecule has 3 aromatic heterocycles. The number of fused-ring (bicyclic) bond motifs is 1. The van der Waals surface area contributed by atoms with Crippen molar-refractivity contribution >= 4 is 27.4 Å². The van der Waals surface area contributed by atoms with Gasteiger partial charge >= 0.3 is 0 Å². The summed E-state index contributed by atoms with van der Waals surface area (Å²) in [6.07, 6.45) is 3.95. The number of hydrogen-bond donors (Lipinski definition) is 0. The molecule has 0 saturated carbocycles. The van der Waals surface area contributed by atoms with Crippen molar-refractivity contribution in [3.8, 4) is 0 Å². The molecular formula is C17H23N7S. The van der Waals surface area contributed by atoms with E-state index in [1.807, 2.05) is 0 Å². The minimum absolute atomic E-state index is 0.380. The number of piperidine rings is 1. The molecule has 4 rings (SSSR count). The molecular weight excluding hydrogens is 334 g/mol. The summed E-state index contributed by atoms with van der Waals surface area (Å²) in [6, 6.07) is 2.12. The quantitative estimate of drug-likeness (QED) is 0.714. The molecule has 1 fully saturated rings. The van der Waals surface area contributed by atoms with E-state index < -0.39 is 0 Å². The highest BCUT2D eigenvalue weighted by Crippen LogP contribution is 2.32. The fourth-order valence-electron chi connectivity index (χ4n) is 3.56. The minimum atomic E-state index is 0.380. The third-order valence-electron chi connectivity index (χ3n) is 4.78. The number of hydrogen-bond acceptors (Lipinski definition) is 7. The molecule has 132 valence electrons. The number of thiophene rings is 1. The molecule has 0 bridgehead atoms. The molecule has 0 N–H and O–H groups in total. The van der Waals surface area contributed by atoms with E-state index in [0.717, 1.165) is 60.2 Å². The van der Waals surface area contributed by atoms with Crippen molar-refractivity contribution in [1.82, 2.24) is 29.6 Å². The second-order valence-corrected chi connectivity index (χ2v) is 7.79. The van der Waals surface area contributed by atoms with Gasteiger partial charge in [0.25, 0.3) is 0 Å². The maximum absolute atomic E-state index is 4.57. The van der Waals surface area contributed by atoms with E-state index in [1.54, 1.807) is 17.7 Å². The highest BCUT2D eigenvalue weighted by molar-refractivity contribution is 7.16. The molecule has 25 heavy (non-hydrogen) atoms. The molecule has 7 nitrogen and oxygen atoms in total. The minimum Gasteiger partial charge on any atom is -0.355 e. The lowest BCUT2D eigenvalue weighted by atomic mass is 9.97. The average molecular weight is 357 g/mol. The molecule has 0 amide bonds. The van der Waals surface area contributed by atoms with E-state index >= 15 is 0 Å². The summed E-state index contributed by atoms with van der Waals surface area (Å²) in [5.74, 6) is 3.52. The van der Waals surface area contributed by atoms with Crippen LogP contribution in [0.1, 0.15) is 30.4 Å². The van der Waals surface area contributed by atoms with Crippen LogP contribution in [-0.4, -0.2) is 56.8 Å². The fraction of sp³-hybridized carbons (Fsp3) is 0.529. The van der Waals surface area contributed by atoms with Gasteiger partial charge in [-0.05, 0) is 38.4 Å². The predicted octanol–water partition coefficient (Wildman–Crippen LogP) is 2.27. The van der Waals surface area contributed by atoms with Gasteiger partial charge in [0.15, 0.2) is 0 Å². The number of aromatic nitrogens is 5. The van der Waals surface area contributed by atoms with Crippen LogP contribution in [0.5, 0.6) is 0 Å². The van der Waals surface area contributed by atoms with Crippen LogP contribution in [0.15, 0.2) is 17.8 Å². The smallest absolute Gasteiger partial charge is 0.146 e. The molecule has 0 radical (unpaired) electrons. The first kappa shape index (κ1) is 16.4. The molecule has 0 aliphatic carbocycles. The Bertz CT molecular complexity index is 869. The van der Waals surface area contributed by atoms with Gasteiger partial charge in [-0.1, -0.05) is 0 Å². The molecule has 1 saturated heterocycles. The Labute approximate surface area is 151 Å². The third kappa shape index (κ3) is 3.11. The third-order valence-corrected chi connectivity index (χ3v) is 5.60. The normalized spacial score (nSPS) is 18.4. The Hall–Kier alpha value is -2.06. The molecule has 1 atom stereocenters. The van der Waals surface area contributed by atoms with Crippen LogP contribution in [0.4, 0.5) is 5.82 Å². The van der Waals surface area contributed by atoms with E-state index in [4.69, 9.17) is 0 Å². The number of nitrogens with zero attached hydrogens (tertiary/aromatic N) is 7. The lowest BCUT2D eigenvalue weighted by molar-refractivity contribution is 0.382. The zero-order valence-electron chi connectivity index (χ0n) is 14.9. The summed E-state index contributed by atoms with van der Waals surface area (Å²) in [4.78, 5) is 14.5. The largest absolute Gasteiger partial charge is 0.355 e. The zero-order valence-corrected chi connectivity index (χ0v) is 15.7. The highest BCUT2D eigenvalue weighted by Gasteiger charge is 2.27. The van der Waals surface area contributed by atoms with Gasteiger partial charge in [0.1, 0.15) is 28.6 Å². The van der Waals surface area contributed by atoms with Crippen LogP contribution in [0.25, 0.3) is 10.2 Å². The summed E-state index contributed by atoms with van der Waals surface area (Å²) >= 11 is 1.67. The maximum Gasteiger partial charge on any atom is 0.146 e. The second kappa shape index (κ2) is 6.68. The SMILES string of the molecule is CN(C)Cc1nnc(C2CCCN(c3ncnc4sccc34)C2)n1C. The Morgan fingerprint density at radius 2 is 2.16 bits per heavy atom. The first-order valence-corrected chi connectivity index (χ1v) is 9.47.